The zero-order valence-electron chi connectivity index (χ0n) is 17.2. The van der Waals surface area contributed by atoms with Crippen molar-refractivity contribution in [2.75, 3.05) is 45.1 Å². The van der Waals surface area contributed by atoms with Crippen molar-refractivity contribution in [3.63, 3.8) is 0 Å². The van der Waals surface area contributed by atoms with E-state index in [4.69, 9.17) is 9.73 Å². The Morgan fingerprint density at radius 1 is 1.11 bits per heavy atom. The van der Waals surface area contributed by atoms with Crippen LogP contribution in [0.1, 0.15) is 59.3 Å². The third kappa shape index (κ3) is 11.5. The van der Waals surface area contributed by atoms with E-state index < -0.39 is 10.0 Å². The van der Waals surface area contributed by atoms with E-state index in [0.29, 0.717) is 13.1 Å². The van der Waals surface area contributed by atoms with Crippen LogP contribution in [-0.2, 0) is 14.8 Å². The average Bonchev–Trinajstić information content (AvgIpc) is 3.08. The Morgan fingerprint density at radius 2 is 1.81 bits per heavy atom. The van der Waals surface area contributed by atoms with E-state index in [-0.39, 0.29) is 35.1 Å². The number of nitrogens with zero attached hydrogens (tertiary/aromatic N) is 1. The molecular weight excluding hydrogens is 479 g/mol. The van der Waals surface area contributed by atoms with Gasteiger partial charge in [0.15, 0.2) is 5.96 Å². The first kappa shape index (κ1) is 26.9. The van der Waals surface area contributed by atoms with Gasteiger partial charge in [0, 0.05) is 39.4 Å². The van der Waals surface area contributed by atoms with E-state index in [1.165, 1.54) is 25.7 Å². The molecule has 0 spiro atoms. The highest BCUT2D eigenvalue weighted by molar-refractivity contribution is 14.0. The lowest BCUT2D eigenvalue weighted by atomic mass is 9.83. The lowest BCUT2D eigenvalue weighted by Crippen LogP contribution is -2.40. The molecule has 0 radical (unpaired) electrons. The molecule has 7 nitrogen and oxygen atoms in total. The molecule has 0 aliphatic heterocycles. The molecule has 0 aromatic rings. The van der Waals surface area contributed by atoms with Gasteiger partial charge in [0.2, 0.25) is 10.0 Å². The summed E-state index contributed by atoms with van der Waals surface area (Å²) in [5, 5.41) is 6.58. The summed E-state index contributed by atoms with van der Waals surface area (Å²) >= 11 is 0. The Labute approximate surface area is 183 Å². The SMILES string of the molecule is CCNC(=NCC1(CCOCC)CCCC1)NCCCNS(=O)(=O)CC.I. The second-order valence-corrected chi connectivity index (χ2v) is 9.02. The Bertz CT molecular complexity index is 509. The minimum atomic E-state index is -3.11. The molecular formula is C18H39IN4O3S. The van der Waals surface area contributed by atoms with Gasteiger partial charge >= 0.3 is 0 Å². The van der Waals surface area contributed by atoms with Crippen LogP contribution in [0.3, 0.4) is 0 Å². The second kappa shape index (κ2) is 14.8. The number of ether oxygens (including phenoxy) is 1. The van der Waals surface area contributed by atoms with Gasteiger partial charge in [0.1, 0.15) is 0 Å². The van der Waals surface area contributed by atoms with Crippen LogP contribution in [0, 0.1) is 5.41 Å². The maximum absolute atomic E-state index is 11.4. The first-order chi connectivity index (χ1) is 12.5. The van der Waals surface area contributed by atoms with Crippen LogP contribution in [0.5, 0.6) is 0 Å². The molecule has 0 saturated heterocycles. The zero-order valence-corrected chi connectivity index (χ0v) is 20.3. The van der Waals surface area contributed by atoms with Crippen LogP contribution in [0.4, 0.5) is 0 Å². The number of nitrogens with one attached hydrogen (secondary N) is 3. The number of halogens is 1. The molecule has 0 aromatic carbocycles. The predicted molar refractivity (Wildman–Crippen MR) is 123 cm³/mol. The van der Waals surface area contributed by atoms with Crippen molar-refractivity contribution in [2.45, 2.75) is 59.3 Å². The number of guanidine groups is 1. The fraction of sp³-hybridized carbons (Fsp3) is 0.944. The minimum Gasteiger partial charge on any atom is -0.382 e. The van der Waals surface area contributed by atoms with Gasteiger partial charge in [0.25, 0.3) is 0 Å². The molecule has 3 N–H and O–H groups in total. The Balaban J connectivity index is 0.00000676. The number of sulfonamides is 1. The summed E-state index contributed by atoms with van der Waals surface area (Å²) < 4.78 is 31.0. The van der Waals surface area contributed by atoms with Crippen molar-refractivity contribution >= 4 is 40.0 Å². The van der Waals surface area contributed by atoms with E-state index >= 15 is 0 Å². The number of rotatable bonds is 13. The van der Waals surface area contributed by atoms with Gasteiger partial charge in [-0.1, -0.05) is 12.8 Å². The number of hydrogen-bond donors (Lipinski definition) is 3. The molecule has 27 heavy (non-hydrogen) atoms. The number of hydrogen-bond acceptors (Lipinski definition) is 4. The summed E-state index contributed by atoms with van der Waals surface area (Å²) in [6.45, 7) is 10.1. The molecule has 1 aliphatic rings. The van der Waals surface area contributed by atoms with Crippen LogP contribution in [0.25, 0.3) is 0 Å². The molecule has 1 saturated carbocycles. The largest absolute Gasteiger partial charge is 0.382 e. The van der Waals surface area contributed by atoms with Crippen LogP contribution in [0.15, 0.2) is 4.99 Å². The molecule has 0 unspecified atom stereocenters. The Morgan fingerprint density at radius 3 is 2.41 bits per heavy atom. The molecule has 0 amide bonds. The van der Waals surface area contributed by atoms with Crippen molar-refractivity contribution < 1.29 is 13.2 Å². The highest BCUT2D eigenvalue weighted by atomic mass is 127. The molecule has 1 aliphatic carbocycles. The fourth-order valence-electron chi connectivity index (χ4n) is 3.26. The topological polar surface area (TPSA) is 91.8 Å². The first-order valence-corrected chi connectivity index (χ1v) is 11.7. The van der Waals surface area contributed by atoms with Crippen LogP contribution < -0.4 is 15.4 Å². The Kier molecular flexibility index (Phi) is 14.7. The van der Waals surface area contributed by atoms with Crippen molar-refractivity contribution in [2.24, 2.45) is 10.4 Å². The monoisotopic (exact) mass is 518 g/mol. The summed E-state index contributed by atoms with van der Waals surface area (Å²) in [7, 11) is -3.11. The maximum Gasteiger partial charge on any atom is 0.211 e. The van der Waals surface area contributed by atoms with Gasteiger partial charge in [-0.2, -0.15) is 0 Å². The lowest BCUT2D eigenvalue weighted by Gasteiger charge is -2.27. The molecule has 0 heterocycles. The summed E-state index contributed by atoms with van der Waals surface area (Å²) in [4.78, 5) is 4.81. The Hall–Kier alpha value is -0.130. The van der Waals surface area contributed by atoms with Gasteiger partial charge in [0.05, 0.1) is 5.75 Å². The van der Waals surface area contributed by atoms with Gasteiger partial charge in [-0.05, 0) is 51.9 Å². The zero-order chi connectivity index (χ0) is 19.3. The van der Waals surface area contributed by atoms with Crippen LogP contribution in [0.2, 0.25) is 0 Å². The summed E-state index contributed by atoms with van der Waals surface area (Å²) in [6, 6.07) is 0. The first-order valence-electron chi connectivity index (χ1n) is 10.0. The highest BCUT2D eigenvalue weighted by Gasteiger charge is 2.33. The van der Waals surface area contributed by atoms with Gasteiger partial charge in [-0.3, -0.25) is 4.99 Å². The summed E-state index contributed by atoms with van der Waals surface area (Å²) in [6.07, 6.45) is 6.80. The standard InChI is InChI=1S/C18H38N4O3S.HI/c1-4-19-17(20-13-9-14-22-26(23,24)6-3)21-16-18(10-7-8-11-18)12-15-25-5-2;/h22H,4-16H2,1-3H3,(H2,19,20,21);1H. The van der Waals surface area contributed by atoms with Crippen LogP contribution in [-0.4, -0.2) is 59.5 Å². The minimum absolute atomic E-state index is 0. The molecule has 0 atom stereocenters. The quantitative estimate of drug-likeness (QED) is 0.151. The molecule has 1 fully saturated rings. The van der Waals surface area contributed by atoms with Crippen molar-refractivity contribution in [3.8, 4) is 0 Å². The van der Waals surface area contributed by atoms with Crippen molar-refractivity contribution in [1.29, 1.82) is 0 Å². The lowest BCUT2D eigenvalue weighted by molar-refractivity contribution is 0.107. The van der Waals surface area contributed by atoms with Gasteiger partial charge in [-0.25, -0.2) is 13.1 Å². The van der Waals surface area contributed by atoms with E-state index in [1.54, 1.807) is 6.92 Å². The summed E-state index contributed by atoms with van der Waals surface area (Å²) in [5.74, 6) is 0.933. The molecule has 162 valence electrons. The third-order valence-corrected chi connectivity index (χ3v) is 6.31. The van der Waals surface area contributed by atoms with E-state index in [0.717, 1.165) is 45.1 Å². The fourth-order valence-corrected chi connectivity index (χ4v) is 3.92. The number of aliphatic imine (C=N–C) groups is 1. The van der Waals surface area contributed by atoms with E-state index in [1.807, 2.05) is 13.8 Å². The smallest absolute Gasteiger partial charge is 0.211 e. The van der Waals surface area contributed by atoms with Crippen molar-refractivity contribution in [3.05, 3.63) is 0 Å². The second-order valence-electron chi connectivity index (χ2n) is 6.93. The molecule has 9 heteroatoms. The van der Waals surface area contributed by atoms with Crippen molar-refractivity contribution in [1.82, 2.24) is 15.4 Å². The van der Waals surface area contributed by atoms with Crippen LogP contribution >= 0.6 is 24.0 Å². The average molecular weight is 519 g/mol. The normalized spacial score (nSPS) is 16.8. The van der Waals surface area contributed by atoms with E-state index in [9.17, 15) is 8.42 Å². The van der Waals surface area contributed by atoms with Gasteiger partial charge in [-0.15, -0.1) is 24.0 Å². The molecule has 0 bridgehead atoms. The third-order valence-electron chi connectivity index (χ3n) is 4.91. The maximum atomic E-state index is 11.4. The molecule has 0 aromatic heterocycles. The summed E-state index contributed by atoms with van der Waals surface area (Å²) in [5.41, 5.74) is 0.272. The highest BCUT2D eigenvalue weighted by Crippen LogP contribution is 2.41. The predicted octanol–water partition coefficient (Wildman–Crippen LogP) is 2.48. The molecule has 1 rings (SSSR count). The van der Waals surface area contributed by atoms with E-state index in [2.05, 4.69) is 15.4 Å². The van der Waals surface area contributed by atoms with Gasteiger partial charge < -0.3 is 15.4 Å².